The Morgan fingerprint density at radius 2 is 1.86 bits per heavy atom. The van der Waals surface area contributed by atoms with Crippen molar-refractivity contribution >= 4 is 11.8 Å². The van der Waals surface area contributed by atoms with E-state index in [1.54, 1.807) is 7.11 Å². The van der Waals surface area contributed by atoms with Crippen molar-refractivity contribution in [3.05, 3.63) is 29.3 Å². The molecule has 0 aromatic heterocycles. The van der Waals surface area contributed by atoms with Gasteiger partial charge in [0, 0.05) is 42.9 Å². The van der Waals surface area contributed by atoms with Gasteiger partial charge in [0.25, 0.3) is 0 Å². The zero-order valence-corrected chi connectivity index (χ0v) is 24.2. The zero-order valence-electron chi connectivity index (χ0n) is 24.2. The van der Waals surface area contributed by atoms with Crippen molar-refractivity contribution in [2.45, 2.75) is 91.5 Å². The van der Waals surface area contributed by atoms with Crippen LogP contribution < -0.4 is 15.4 Å². The van der Waals surface area contributed by atoms with Crippen molar-refractivity contribution in [3.8, 4) is 5.75 Å². The van der Waals surface area contributed by atoms with Gasteiger partial charge in [-0.15, -0.1) is 0 Å². The van der Waals surface area contributed by atoms with Crippen molar-refractivity contribution in [1.29, 1.82) is 0 Å². The number of nitrogens with zero attached hydrogens (tertiary/aromatic N) is 1. The fourth-order valence-corrected chi connectivity index (χ4v) is 7.68. The fraction of sp³-hybridized carbons (Fsp3) is 0.742. The van der Waals surface area contributed by atoms with Gasteiger partial charge in [0.1, 0.15) is 5.75 Å². The Morgan fingerprint density at radius 1 is 1.14 bits per heavy atom. The van der Waals surface area contributed by atoms with Gasteiger partial charge in [-0.25, -0.2) is 0 Å². The summed E-state index contributed by atoms with van der Waals surface area (Å²) in [6.07, 6.45) is 6.49. The number of benzene rings is 1. The summed E-state index contributed by atoms with van der Waals surface area (Å²) in [5, 5.41) is 5.89. The summed E-state index contributed by atoms with van der Waals surface area (Å²) in [6.45, 7) is 15.7. The van der Waals surface area contributed by atoms with Gasteiger partial charge in [-0.3, -0.25) is 14.5 Å². The topological polar surface area (TPSA) is 70.7 Å². The number of likely N-dealkylation sites (tertiary alicyclic amines) is 1. The molecule has 206 valence electrons. The summed E-state index contributed by atoms with van der Waals surface area (Å²) in [5.74, 6) is 2.19. The van der Waals surface area contributed by atoms with Crippen LogP contribution in [0.1, 0.15) is 84.8 Å². The molecule has 2 bridgehead atoms. The highest BCUT2D eigenvalue weighted by Crippen LogP contribution is 2.67. The first-order chi connectivity index (χ1) is 17.6. The van der Waals surface area contributed by atoms with E-state index in [1.807, 2.05) is 34.6 Å². The highest BCUT2D eigenvalue weighted by atomic mass is 16.5. The molecule has 37 heavy (non-hydrogen) atoms. The highest BCUT2D eigenvalue weighted by molar-refractivity contribution is 5.84. The Morgan fingerprint density at radius 3 is 2.51 bits per heavy atom. The lowest BCUT2D eigenvalue weighted by Gasteiger charge is -2.56. The second-order valence-electron chi connectivity index (χ2n) is 13.1. The van der Waals surface area contributed by atoms with Crippen LogP contribution in [0.3, 0.4) is 0 Å². The van der Waals surface area contributed by atoms with Crippen LogP contribution in [0.5, 0.6) is 5.75 Å². The number of carbonyl (C=O) groups excluding carboxylic acids is 2. The predicted octanol–water partition coefficient (Wildman–Crippen LogP) is 4.69. The molecule has 3 unspecified atom stereocenters. The highest BCUT2D eigenvalue weighted by Gasteiger charge is 2.69. The van der Waals surface area contributed by atoms with Crippen LogP contribution in [0.4, 0.5) is 0 Å². The zero-order chi connectivity index (χ0) is 27.0. The molecule has 4 aliphatic rings. The first-order valence-electron chi connectivity index (χ1n) is 14.5. The number of methoxy groups -OCH3 is 1. The second kappa shape index (κ2) is 10.6. The monoisotopic (exact) mass is 511 g/mol. The van der Waals surface area contributed by atoms with Gasteiger partial charge < -0.3 is 15.4 Å². The van der Waals surface area contributed by atoms with Crippen LogP contribution >= 0.6 is 0 Å². The average Bonchev–Trinajstić information content (AvgIpc) is 3.64. The van der Waals surface area contributed by atoms with E-state index in [2.05, 4.69) is 40.7 Å². The first kappa shape index (κ1) is 27.9. The van der Waals surface area contributed by atoms with Gasteiger partial charge in [0.05, 0.1) is 13.7 Å². The van der Waals surface area contributed by atoms with Crippen molar-refractivity contribution in [2.24, 2.45) is 22.7 Å². The summed E-state index contributed by atoms with van der Waals surface area (Å²) < 4.78 is 5.63. The minimum absolute atomic E-state index is 0.0452. The minimum atomic E-state index is -0.107. The Balaban J connectivity index is 0.00000156. The number of hydrogen-bond donors (Lipinski definition) is 2. The van der Waals surface area contributed by atoms with E-state index in [0.717, 1.165) is 24.5 Å². The van der Waals surface area contributed by atoms with Gasteiger partial charge in [0.2, 0.25) is 11.8 Å². The molecule has 1 aliphatic heterocycles. The summed E-state index contributed by atoms with van der Waals surface area (Å²) in [7, 11) is 1.74. The molecular weight excluding hydrogens is 462 g/mol. The average molecular weight is 512 g/mol. The van der Waals surface area contributed by atoms with Crippen molar-refractivity contribution in [3.63, 3.8) is 0 Å². The minimum Gasteiger partial charge on any atom is -0.497 e. The molecule has 2 amide bonds. The summed E-state index contributed by atoms with van der Waals surface area (Å²) >= 11 is 0. The molecule has 6 nitrogen and oxygen atoms in total. The van der Waals surface area contributed by atoms with E-state index < -0.39 is 0 Å². The number of amides is 2. The Labute approximate surface area is 224 Å². The van der Waals surface area contributed by atoms with Crippen molar-refractivity contribution < 1.29 is 14.3 Å². The van der Waals surface area contributed by atoms with E-state index in [9.17, 15) is 9.59 Å². The van der Waals surface area contributed by atoms with E-state index in [-0.39, 0.29) is 29.2 Å². The largest absolute Gasteiger partial charge is 0.497 e. The molecule has 1 aromatic carbocycles. The normalized spacial score (nSPS) is 29.7. The fourth-order valence-electron chi connectivity index (χ4n) is 7.68. The summed E-state index contributed by atoms with van der Waals surface area (Å²) in [6, 6.07) is 7.29. The quantitative estimate of drug-likeness (QED) is 0.504. The molecule has 3 fully saturated rings. The molecule has 1 spiro atoms. The lowest BCUT2D eigenvalue weighted by Crippen LogP contribution is -2.64. The van der Waals surface area contributed by atoms with E-state index in [1.165, 1.54) is 43.5 Å². The van der Waals surface area contributed by atoms with Crippen LogP contribution in [0.25, 0.3) is 0 Å². The smallest absolute Gasteiger partial charge is 0.239 e. The molecule has 5 rings (SSSR count). The van der Waals surface area contributed by atoms with Crippen LogP contribution in [0.15, 0.2) is 18.2 Å². The summed E-state index contributed by atoms with van der Waals surface area (Å²) in [5.41, 5.74) is 3.24. The molecule has 1 aromatic rings. The number of fused-ring (bicyclic) bond motifs is 3. The van der Waals surface area contributed by atoms with Crippen LogP contribution in [0.2, 0.25) is 0 Å². The van der Waals surface area contributed by atoms with E-state index in [0.29, 0.717) is 30.3 Å². The summed E-state index contributed by atoms with van der Waals surface area (Å²) in [4.78, 5) is 27.4. The van der Waals surface area contributed by atoms with Gasteiger partial charge in [-0.1, -0.05) is 47.6 Å². The molecule has 0 radical (unpaired) electrons. The number of nitrogens with one attached hydrogen (secondary N) is 2. The first-order valence-corrected chi connectivity index (χ1v) is 14.5. The van der Waals surface area contributed by atoms with Crippen LogP contribution in [0, 0.1) is 22.7 Å². The second-order valence-corrected chi connectivity index (χ2v) is 13.1. The van der Waals surface area contributed by atoms with Crippen LogP contribution in [-0.2, 0) is 21.4 Å². The molecule has 2 N–H and O–H groups in total. The third-order valence-corrected chi connectivity index (χ3v) is 9.17. The predicted molar refractivity (Wildman–Crippen MR) is 149 cm³/mol. The number of rotatable bonds is 9. The Bertz CT molecular complexity index is 998. The van der Waals surface area contributed by atoms with E-state index >= 15 is 0 Å². The maximum absolute atomic E-state index is 12.6. The van der Waals surface area contributed by atoms with Gasteiger partial charge in [0.15, 0.2) is 0 Å². The number of hydrogen-bond acceptors (Lipinski definition) is 4. The lowest BCUT2D eigenvalue weighted by molar-refractivity contribution is -0.127. The molecule has 1 saturated heterocycles. The molecule has 1 heterocycles. The van der Waals surface area contributed by atoms with Gasteiger partial charge in [-0.05, 0) is 72.6 Å². The molecule has 2 saturated carbocycles. The maximum atomic E-state index is 12.6. The maximum Gasteiger partial charge on any atom is 0.239 e. The Kier molecular flexibility index (Phi) is 8.00. The number of carbonyl (C=O) groups is 2. The molecular formula is C31H49N3O3. The third-order valence-electron chi connectivity index (χ3n) is 9.17. The van der Waals surface area contributed by atoms with Crippen molar-refractivity contribution in [1.82, 2.24) is 15.5 Å². The van der Waals surface area contributed by atoms with Gasteiger partial charge >= 0.3 is 0 Å². The van der Waals surface area contributed by atoms with E-state index in [4.69, 9.17) is 4.74 Å². The lowest BCUT2D eigenvalue weighted by atomic mass is 9.61. The molecule has 4 atom stereocenters. The third kappa shape index (κ3) is 5.55. The SMILES string of the molecule is CC.COc1ccc2c(c1)C1(CCNC(=O)CNC(=O)CC(C)(C)C)CC3(C2)CN(CC2CC2)C3[C@@H]1C. The standard InChI is InChI=1S/C29H43N3O3.C2H6/c1-19-26-28(18-32(26)16-20-6-7-20)13-21-8-9-22(35-5)12-23(21)29(19,17-28)10-11-30-25(34)15-31-24(33)14-27(2,3)4;1-2/h8-9,12,19-20,26H,6-7,10-11,13-18H2,1-5H3,(H,30,34)(H,31,33);1-2H3/t19-,26?,28?,29?;/m0./s1. The Hall–Kier alpha value is -2.08. The molecule has 3 aliphatic carbocycles. The molecule has 6 heteroatoms. The number of ether oxygens (including phenoxy) is 1. The van der Waals surface area contributed by atoms with Crippen LogP contribution in [-0.4, -0.2) is 56.0 Å². The van der Waals surface area contributed by atoms with Gasteiger partial charge in [-0.2, -0.15) is 0 Å². The van der Waals surface area contributed by atoms with Crippen molar-refractivity contribution in [2.75, 3.05) is 33.3 Å².